The van der Waals surface area contributed by atoms with Crippen LogP contribution < -0.4 is 0 Å². The van der Waals surface area contributed by atoms with Crippen LogP contribution in [0, 0.1) is 0 Å². The average molecular weight is 256 g/mol. The van der Waals surface area contributed by atoms with Gasteiger partial charge in [-0.25, -0.2) is 0 Å². The van der Waals surface area contributed by atoms with Crippen molar-refractivity contribution < 1.29 is 44.6 Å². The van der Waals surface area contributed by atoms with Crippen LogP contribution in [0.5, 0.6) is 0 Å². The number of alkyl halides is 6. The van der Waals surface area contributed by atoms with Gasteiger partial charge in [-0.2, -0.15) is 35.1 Å². The van der Waals surface area contributed by atoms with Gasteiger partial charge < -0.3 is 9.47 Å². The minimum absolute atomic E-state index is 2.22. The van der Waals surface area contributed by atoms with Crippen LogP contribution in [0.25, 0.3) is 0 Å². The first-order chi connectivity index (χ1) is 7.03. The van der Waals surface area contributed by atoms with E-state index in [0.29, 0.717) is 0 Å². The summed E-state index contributed by atoms with van der Waals surface area (Å²) in [6, 6.07) is -2.48. The summed E-state index contributed by atoms with van der Waals surface area (Å²) in [6.07, 6.45) is -11.0. The van der Waals surface area contributed by atoms with E-state index in [9.17, 15) is 35.1 Å². The van der Waals surface area contributed by atoms with E-state index in [1.807, 2.05) is 0 Å². The fraction of sp³-hybridized carbons (Fsp3) is 0.333. The van der Waals surface area contributed by atoms with Crippen LogP contribution in [0.1, 0.15) is 0 Å². The number of rotatable bonds is 0. The van der Waals surface area contributed by atoms with Gasteiger partial charge >= 0.3 is 24.3 Å². The van der Waals surface area contributed by atoms with Crippen molar-refractivity contribution in [1.82, 2.24) is 0 Å². The van der Waals surface area contributed by atoms with Gasteiger partial charge in [-0.05, 0) is 0 Å². The highest BCUT2D eigenvalue weighted by Gasteiger charge is 2.50. The molecular formula is C6F8O2. The van der Waals surface area contributed by atoms with Crippen LogP contribution in [0.15, 0.2) is 23.5 Å². The standard InChI is InChI=1S/C6F8O2/c7-1(5(9,10)11)4-15-2(3(8)16-4)6(12,13)14. The monoisotopic (exact) mass is 256 g/mol. The van der Waals surface area contributed by atoms with E-state index in [1.54, 1.807) is 0 Å². The lowest BCUT2D eigenvalue weighted by atomic mass is 10.5. The van der Waals surface area contributed by atoms with Crippen molar-refractivity contribution in [3.8, 4) is 0 Å². The molecule has 0 bridgehead atoms. The van der Waals surface area contributed by atoms with Crippen molar-refractivity contribution in [2.75, 3.05) is 0 Å². The van der Waals surface area contributed by atoms with Crippen LogP contribution in [-0.2, 0) is 9.47 Å². The molecule has 1 aliphatic rings. The van der Waals surface area contributed by atoms with Crippen LogP contribution in [0.2, 0.25) is 0 Å². The summed E-state index contributed by atoms with van der Waals surface area (Å²) >= 11 is 0. The minimum Gasteiger partial charge on any atom is -0.412 e. The Morgan fingerprint density at radius 3 is 1.75 bits per heavy atom. The van der Waals surface area contributed by atoms with Crippen molar-refractivity contribution in [1.29, 1.82) is 0 Å². The van der Waals surface area contributed by atoms with Gasteiger partial charge in [-0.1, -0.05) is 0 Å². The van der Waals surface area contributed by atoms with Crippen molar-refractivity contribution in [2.24, 2.45) is 0 Å². The van der Waals surface area contributed by atoms with Crippen molar-refractivity contribution >= 4 is 0 Å². The smallest absolute Gasteiger partial charge is 0.412 e. The Balaban J connectivity index is 3.01. The zero-order valence-corrected chi connectivity index (χ0v) is 6.84. The summed E-state index contributed by atoms with van der Waals surface area (Å²) in [4.78, 5) is 0. The Morgan fingerprint density at radius 1 is 0.938 bits per heavy atom. The molecule has 92 valence electrons. The first kappa shape index (κ1) is 12.6. The van der Waals surface area contributed by atoms with Gasteiger partial charge in [0.05, 0.1) is 0 Å². The quantitative estimate of drug-likeness (QED) is 0.618. The molecule has 0 saturated carbocycles. The normalized spacial score (nSPS) is 20.8. The third-order valence-electron chi connectivity index (χ3n) is 1.24. The molecule has 0 unspecified atom stereocenters. The van der Waals surface area contributed by atoms with E-state index in [2.05, 4.69) is 9.47 Å². The molecule has 1 rings (SSSR count). The Labute approximate surface area is 81.7 Å². The molecule has 0 aromatic heterocycles. The molecule has 0 fully saturated rings. The summed E-state index contributed by atoms with van der Waals surface area (Å²) < 4.78 is 101. The largest absolute Gasteiger partial charge is 0.456 e. The van der Waals surface area contributed by atoms with Crippen LogP contribution in [0.3, 0.4) is 0 Å². The number of ether oxygens (including phenoxy) is 2. The second kappa shape index (κ2) is 3.52. The van der Waals surface area contributed by atoms with E-state index in [1.165, 1.54) is 0 Å². The van der Waals surface area contributed by atoms with Gasteiger partial charge in [-0.15, -0.1) is 0 Å². The molecule has 0 atom stereocenters. The molecule has 0 N–H and O–H groups in total. The summed E-state index contributed by atoms with van der Waals surface area (Å²) in [7, 11) is 0. The highest BCUT2D eigenvalue weighted by molar-refractivity contribution is 5.15. The molecule has 0 aromatic rings. The van der Waals surface area contributed by atoms with Crippen LogP contribution >= 0.6 is 0 Å². The van der Waals surface area contributed by atoms with Gasteiger partial charge in [-0.3, -0.25) is 0 Å². The molecular weight excluding hydrogens is 256 g/mol. The van der Waals surface area contributed by atoms with Gasteiger partial charge in [0.25, 0.3) is 11.6 Å². The molecule has 10 heteroatoms. The van der Waals surface area contributed by atoms with Gasteiger partial charge in [0.1, 0.15) is 0 Å². The molecule has 0 spiro atoms. The minimum atomic E-state index is -5.63. The van der Waals surface area contributed by atoms with Gasteiger partial charge in [0, 0.05) is 0 Å². The maximum atomic E-state index is 12.3. The maximum absolute atomic E-state index is 12.3. The summed E-state index contributed by atoms with van der Waals surface area (Å²) in [5, 5.41) is 0. The average Bonchev–Trinajstić information content (AvgIpc) is 2.43. The van der Waals surface area contributed by atoms with Crippen LogP contribution in [-0.4, -0.2) is 12.4 Å². The molecule has 0 saturated heterocycles. The summed E-state index contributed by atoms with van der Waals surface area (Å²) in [5.74, 6) is -7.79. The van der Waals surface area contributed by atoms with Gasteiger partial charge in [0.15, 0.2) is 0 Å². The van der Waals surface area contributed by atoms with E-state index in [4.69, 9.17) is 0 Å². The molecule has 1 aliphatic heterocycles. The molecule has 0 radical (unpaired) electrons. The van der Waals surface area contributed by atoms with Crippen LogP contribution in [0.4, 0.5) is 35.1 Å². The van der Waals surface area contributed by atoms with E-state index in [-0.39, 0.29) is 0 Å². The second-order valence-corrected chi connectivity index (χ2v) is 2.40. The maximum Gasteiger partial charge on any atom is 0.456 e. The van der Waals surface area contributed by atoms with Gasteiger partial charge in [0.2, 0.25) is 0 Å². The molecule has 0 aliphatic carbocycles. The van der Waals surface area contributed by atoms with Crippen molar-refractivity contribution in [3.05, 3.63) is 23.5 Å². The highest BCUT2D eigenvalue weighted by Crippen LogP contribution is 2.41. The lowest BCUT2D eigenvalue weighted by molar-refractivity contribution is -0.132. The zero-order chi connectivity index (χ0) is 12.7. The Kier molecular flexibility index (Phi) is 2.77. The molecule has 1 heterocycles. The first-order valence-electron chi connectivity index (χ1n) is 3.33. The Hall–Kier alpha value is -1.48. The predicted octanol–water partition coefficient (Wildman–Crippen LogP) is 3.44. The molecule has 0 aromatic carbocycles. The number of hydrogen-bond acceptors (Lipinski definition) is 2. The number of halogens is 8. The van der Waals surface area contributed by atoms with Crippen molar-refractivity contribution in [3.63, 3.8) is 0 Å². The van der Waals surface area contributed by atoms with E-state index < -0.39 is 35.9 Å². The number of hydrogen-bond donors (Lipinski definition) is 0. The van der Waals surface area contributed by atoms with E-state index in [0.717, 1.165) is 0 Å². The highest BCUT2D eigenvalue weighted by atomic mass is 19.4. The summed E-state index contributed by atoms with van der Waals surface area (Å²) in [5.41, 5.74) is 0. The molecule has 0 amide bonds. The molecule has 2 nitrogen and oxygen atoms in total. The van der Waals surface area contributed by atoms with Crippen molar-refractivity contribution in [2.45, 2.75) is 12.4 Å². The Morgan fingerprint density at radius 2 is 1.44 bits per heavy atom. The Bertz CT molecular complexity index is 360. The topological polar surface area (TPSA) is 18.5 Å². The third-order valence-corrected chi connectivity index (χ3v) is 1.24. The second-order valence-electron chi connectivity index (χ2n) is 2.40. The number of allylic oxidation sites excluding steroid dienone is 2. The fourth-order valence-corrected chi connectivity index (χ4v) is 0.656. The third kappa shape index (κ3) is 2.36. The fourth-order valence-electron chi connectivity index (χ4n) is 0.656. The zero-order valence-electron chi connectivity index (χ0n) is 6.84. The lowest BCUT2D eigenvalue weighted by Crippen LogP contribution is -2.14. The predicted molar refractivity (Wildman–Crippen MR) is 30.5 cm³/mol. The first-order valence-corrected chi connectivity index (χ1v) is 3.33. The van der Waals surface area contributed by atoms with E-state index >= 15 is 0 Å². The molecule has 16 heavy (non-hydrogen) atoms. The lowest BCUT2D eigenvalue weighted by Gasteiger charge is -2.06. The summed E-state index contributed by atoms with van der Waals surface area (Å²) in [6.45, 7) is 0. The SMILES string of the molecule is FC1=C(C(F)(F)F)OC(=C(F)C(F)(F)F)O1.